The molecule has 1 unspecified atom stereocenters. The minimum Gasteiger partial charge on any atom is -0.481 e. The number of carboxylic acid groups (broad SMARTS) is 1. The summed E-state index contributed by atoms with van der Waals surface area (Å²) in [4.78, 5) is 32.0. The third kappa shape index (κ3) is 7.48. The second kappa shape index (κ2) is 6.80. The Labute approximate surface area is 88.0 Å². The van der Waals surface area contributed by atoms with Crippen molar-refractivity contribution in [1.29, 1.82) is 0 Å². The van der Waals surface area contributed by atoms with Crippen molar-refractivity contribution in [2.45, 2.75) is 20.3 Å². The number of hydrogen-bond acceptors (Lipinski definition) is 3. The Balaban J connectivity index is 3.57. The van der Waals surface area contributed by atoms with Crippen LogP contribution in [0.15, 0.2) is 0 Å². The van der Waals surface area contributed by atoms with Crippen molar-refractivity contribution in [3.05, 3.63) is 0 Å². The Kier molecular flexibility index (Phi) is 6.08. The molecular weight excluding hydrogens is 200 g/mol. The van der Waals surface area contributed by atoms with Crippen LogP contribution in [0.4, 0.5) is 0 Å². The molecule has 0 aromatic carbocycles. The van der Waals surface area contributed by atoms with Gasteiger partial charge in [0.15, 0.2) is 0 Å². The largest absolute Gasteiger partial charge is 0.481 e. The van der Waals surface area contributed by atoms with Gasteiger partial charge in [0.1, 0.15) is 0 Å². The summed E-state index contributed by atoms with van der Waals surface area (Å²) in [5.74, 6) is -2.01. The van der Waals surface area contributed by atoms with Gasteiger partial charge in [0.2, 0.25) is 11.8 Å². The monoisotopic (exact) mass is 216 g/mol. The zero-order chi connectivity index (χ0) is 11.8. The molecule has 0 radical (unpaired) electrons. The molecule has 0 heterocycles. The van der Waals surface area contributed by atoms with Crippen molar-refractivity contribution in [2.75, 3.05) is 13.1 Å². The molecule has 15 heavy (non-hydrogen) atoms. The Hall–Kier alpha value is -1.59. The molecule has 1 atom stereocenters. The van der Waals surface area contributed by atoms with Crippen LogP contribution in [-0.4, -0.2) is 36.0 Å². The Morgan fingerprint density at radius 1 is 1.27 bits per heavy atom. The molecule has 0 spiro atoms. The van der Waals surface area contributed by atoms with E-state index in [4.69, 9.17) is 5.11 Å². The predicted octanol–water partition coefficient (Wildman–Crippen LogP) is -0.650. The molecule has 0 aromatic rings. The highest BCUT2D eigenvalue weighted by molar-refractivity contribution is 5.78. The van der Waals surface area contributed by atoms with Crippen LogP contribution < -0.4 is 10.6 Å². The van der Waals surface area contributed by atoms with Crippen LogP contribution in [0.3, 0.4) is 0 Å². The van der Waals surface area contributed by atoms with Gasteiger partial charge in [-0.25, -0.2) is 0 Å². The van der Waals surface area contributed by atoms with Crippen molar-refractivity contribution in [2.24, 2.45) is 5.92 Å². The van der Waals surface area contributed by atoms with E-state index in [2.05, 4.69) is 10.6 Å². The fourth-order valence-corrected chi connectivity index (χ4v) is 0.795. The van der Waals surface area contributed by atoms with E-state index in [9.17, 15) is 14.4 Å². The highest BCUT2D eigenvalue weighted by Gasteiger charge is 2.11. The predicted molar refractivity (Wildman–Crippen MR) is 53.1 cm³/mol. The molecule has 86 valence electrons. The maximum Gasteiger partial charge on any atom is 0.308 e. The van der Waals surface area contributed by atoms with E-state index in [1.54, 1.807) is 0 Å². The summed E-state index contributed by atoms with van der Waals surface area (Å²) in [6.45, 7) is 3.25. The lowest BCUT2D eigenvalue weighted by atomic mass is 10.2. The topological polar surface area (TPSA) is 95.5 Å². The third-order valence-corrected chi connectivity index (χ3v) is 1.75. The van der Waals surface area contributed by atoms with Gasteiger partial charge in [0.05, 0.1) is 5.92 Å². The van der Waals surface area contributed by atoms with Crippen LogP contribution in [0.1, 0.15) is 20.3 Å². The van der Waals surface area contributed by atoms with E-state index in [0.717, 1.165) is 0 Å². The van der Waals surface area contributed by atoms with Crippen molar-refractivity contribution in [3.8, 4) is 0 Å². The fraction of sp³-hybridized carbons (Fsp3) is 0.667. The quantitative estimate of drug-likeness (QED) is 0.549. The first-order chi connectivity index (χ1) is 6.93. The standard InChI is InChI=1S/C9H16N2O4/c1-6(9(14)15)5-11-8(13)3-4-10-7(2)12/h6H,3-5H2,1-2H3,(H,10,12)(H,11,13)(H,14,15). The first kappa shape index (κ1) is 13.4. The average molecular weight is 216 g/mol. The summed E-state index contributed by atoms with van der Waals surface area (Å²) in [6, 6.07) is 0. The lowest BCUT2D eigenvalue weighted by molar-refractivity contribution is -0.141. The SMILES string of the molecule is CC(=O)NCCC(=O)NCC(C)C(=O)O. The molecule has 0 bridgehead atoms. The minimum absolute atomic E-state index is 0.105. The average Bonchev–Trinajstić information content (AvgIpc) is 2.13. The number of carbonyl (C=O) groups is 3. The molecule has 0 aromatic heterocycles. The second-order valence-electron chi connectivity index (χ2n) is 3.28. The Morgan fingerprint density at radius 2 is 1.87 bits per heavy atom. The Morgan fingerprint density at radius 3 is 2.33 bits per heavy atom. The van der Waals surface area contributed by atoms with Gasteiger partial charge in [0, 0.05) is 26.4 Å². The molecule has 6 heteroatoms. The maximum atomic E-state index is 11.1. The zero-order valence-corrected chi connectivity index (χ0v) is 8.87. The molecule has 0 aliphatic carbocycles. The molecule has 6 nitrogen and oxygen atoms in total. The smallest absolute Gasteiger partial charge is 0.308 e. The van der Waals surface area contributed by atoms with Crippen LogP contribution in [-0.2, 0) is 14.4 Å². The molecule has 3 N–H and O–H groups in total. The summed E-state index contributed by atoms with van der Waals surface area (Å²) >= 11 is 0. The van der Waals surface area contributed by atoms with Crippen molar-refractivity contribution < 1.29 is 19.5 Å². The highest BCUT2D eigenvalue weighted by Crippen LogP contribution is 1.91. The summed E-state index contributed by atoms with van der Waals surface area (Å²) in [5.41, 5.74) is 0. The van der Waals surface area contributed by atoms with E-state index in [1.165, 1.54) is 13.8 Å². The van der Waals surface area contributed by atoms with Gasteiger partial charge in [-0.2, -0.15) is 0 Å². The number of amides is 2. The lowest BCUT2D eigenvalue weighted by Gasteiger charge is -2.08. The van der Waals surface area contributed by atoms with Crippen LogP contribution in [0.25, 0.3) is 0 Å². The molecule has 0 fully saturated rings. The highest BCUT2D eigenvalue weighted by atomic mass is 16.4. The van der Waals surface area contributed by atoms with Crippen LogP contribution in [0, 0.1) is 5.92 Å². The molecule has 0 aliphatic heterocycles. The molecular formula is C9H16N2O4. The van der Waals surface area contributed by atoms with Crippen LogP contribution >= 0.6 is 0 Å². The summed E-state index contributed by atoms with van der Waals surface area (Å²) in [6.07, 6.45) is 0.159. The molecule has 0 saturated heterocycles. The molecule has 2 amide bonds. The van der Waals surface area contributed by atoms with E-state index < -0.39 is 11.9 Å². The number of aliphatic carboxylic acids is 1. The number of nitrogens with one attached hydrogen (secondary N) is 2. The number of carbonyl (C=O) groups excluding carboxylic acids is 2. The first-order valence-corrected chi connectivity index (χ1v) is 4.67. The van der Waals surface area contributed by atoms with Crippen LogP contribution in [0.5, 0.6) is 0 Å². The van der Waals surface area contributed by atoms with E-state index in [0.29, 0.717) is 0 Å². The summed E-state index contributed by atoms with van der Waals surface area (Å²) in [7, 11) is 0. The third-order valence-electron chi connectivity index (χ3n) is 1.75. The lowest BCUT2D eigenvalue weighted by Crippen LogP contribution is -2.33. The second-order valence-corrected chi connectivity index (χ2v) is 3.28. The van der Waals surface area contributed by atoms with Crippen molar-refractivity contribution in [3.63, 3.8) is 0 Å². The van der Waals surface area contributed by atoms with E-state index >= 15 is 0 Å². The maximum absolute atomic E-state index is 11.1. The van der Waals surface area contributed by atoms with Gasteiger partial charge in [-0.15, -0.1) is 0 Å². The fourth-order valence-electron chi connectivity index (χ4n) is 0.795. The first-order valence-electron chi connectivity index (χ1n) is 4.67. The number of hydrogen-bond donors (Lipinski definition) is 3. The Bertz CT molecular complexity index is 252. The summed E-state index contributed by atoms with van der Waals surface area (Å²) in [5, 5.41) is 13.5. The van der Waals surface area contributed by atoms with Gasteiger partial charge in [0.25, 0.3) is 0 Å². The minimum atomic E-state index is -0.947. The number of carboxylic acids is 1. The van der Waals surface area contributed by atoms with E-state index in [-0.39, 0.29) is 31.3 Å². The normalized spacial score (nSPS) is 11.6. The molecule has 0 saturated carbocycles. The number of rotatable bonds is 6. The van der Waals surface area contributed by atoms with E-state index in [1.807, 2.05) is 0 Å². The van der Waals surface area contributed by atoms with Gasteiger partial charge in [-0.1, -0.05) is 6.92 Å². The van der Waals surface area contributed by atoms with Gasteiger partial charge in [-0.05, 0) is 0 Å². The van der Waals surface area contributed by atoms with Crippen molar-refractivity contribution >= 4 is 17.8 Å². The van der Waals surface area contributed by atoms with Gasteiger partial charge in [-0.3, -0.25) is 14.4 Å². The van der Waals surface area contributed by atoms with Crippen LogP contribution in [0.2, 0.25) is 0 Å². The molecule has 0 aliphatic rings. The van der Waals surface area contributed by atoms with Crippen molar-refractivity contribution in [1.82, 2.24) is 10.6 Å². The van der Waals surface area contributed by atoms with Gasteiger partial charge < -0.3 is 15.7 Å². The summed E-state index contributed by atoms with van der Waals surface area (Å²) < 4.78 is 0. The molecule has 0 rings (SSSR count). The zero-order valence-electron chi connectivity index (χ0n) is 8.87. The van der Waals surface area contributed by atoms with Gasteiger partial charge >= 0.3 is 5.97 Å².